The fourth-order valence-electron chi connectivity index (χ4n) is 2.96. The first-order chi connectivity index (χ1) is 14.5. The molecule has 30 heavy (non-hydrogen) atoms. The van der Waals surface area contributed by atoms with Gasteiger partial charge in [0.25, 0.3) is 11.8 Å². The van der Waals surface area contributed by atoms with Crippen molar-refractivity contribution in [1.29, 1.82) is 0 Å². The number of aryl methyl sites for hydroxylation is 1. The van der Waals surface area contributed by atoms with Crippen LogP contribution >= 0.6 is 0 Å². The number of hydrogen-bond acceptors (Lipinski definition) is 3. The number of hydrogen-bond donors (Lipinski definition) is 2. The van der Waals surface area contributed by atoms with Crippen molar-refractivity contribution in [3.05, 3.63) is 95.6 Å². The van der Waals surface area contributed by atoms with Crippen molar-refractivity contribution >= 4 is 17.5 Å². The minimum Gasteiger partial charge on any atom is -0.481 e. The highest BCUT2D eigenvalue weighted by molar-refractivity contribution is 6.04. The van der Waals surface area contributed by atoms with Gasteiger partial charge in [0.1, 0.15) is 5.75 Å². The van der Waals surface area contributed by atoms with Gasteiger partial charge in [0.15, 0.2) is 6.10 Å². The van der Waals surface area contributed by atoms with Crippen LogP contribution in [0.25, 0.3) is 0 Å². The lowest BCUT2D eigenvalue weighted by atomic mass is 10.1. The van der Waals surface area contributed by atoms with Gasteiger partial charge in [-0.3, -0.25) is 9.59 Å². The van der Waals surface area contributed by atoms with Crippen LogP contribution in [-0.4, -0.2) is 24.5 Å². The summed E-state index contributed by atoms with van der Waals surface area (Å²) in [5.41, 5.74) is 3.15. The Bertz CT molecular complexity index is 985. The quantitative estimate of drug-likeness (QED) is 0.588. The molecule has 0 aliphatic heterocycles. The molecule has 3 aromatic rings. The van der Waals surface area contributed by atoms with Crippen LogP contribution in [0.3, 0.4) is 0 Å². The molecule has 0 heterocycles. The number of rotatable bonds is 8. The number of amides is 2. The van der Waals surface area contributed by atoms with Gasteiger partial charge in [-0.05, 0) is 50.1 Å². The van der Waals surface area contributed by atoms with Gasteiger partial charge in [-0.25, -0.2) is 0 Å². The summed E-state index contributed by atoms with van der Waals surface area (Å²) in [4.78, 5) is 25.2. The molecule has 0 unspecified atom stereocenters. The summed E-state index contributed by atoms with van der Waals surface area (Å²) >= 11 is 0. The average molecular weight is 402 g/mol. The molecule has 0 radical (unpaired) electrons. The fourth-order valence-corrected chi connectivity index (χ4v) is 2.96. The molecular weight excluding hydrogens is 376 g/mol. The zero-order chi connectivity index (χ0) is 21.3. The molecule has 0 saturated heterocycles. The monoisotopic (exact) mass is 402 g/mol. The van der Waals surface area contributed by atoms with Crippen LogP contribution in [0.2, 0.25) is 0 Å². The minimum atomic E-state index is -0.707. The molecule has 0 aliphatic carbocycles. The van der Waals surface area contributed by atoms with Gasteiger partial charge < -0.3 is 15.4 Å². The van der Waals surface area contributed by atoms with Crippen LogP contribution < -0.4 is 15.4 Å². The molecule has 1 atom stereocenters. The third-order valence-corrected chi connectivity index (χ3v) is 4.67. The van der Waals surface area contributed by atoms with Crippen LogP contribution in [0, 0.1) is 6.92 Å². The number of benzene rings is 3. The first-order valence-corrected chi connectivity index (χ1v) is 9.98. The van der Waals surface area contributed by atoms with Crippen molar-refractivity contribution < 1.29 is 14.3 Å². The van der Waals surface area contributed by atoms with Gasteiger partial charge in [-0.15, -0.1) is 0 Å². The van der Waals surface area contributed by atoms with Crippen LogP contribution in [0.5, 0.6) is 5.75 Å². The molecule has 5 nitrogen and oxygen atoms in total. The number of anilines is 1. The fraction of sp³-hybridized carbons (Fsp3) is 0.200. The summed E-state index contributed by atoms with van der Waals surface area (Å²) in [7, 11) is 0. The molecule has 0 aliphatic rings. The smallest absolute Gasteiger partial charge is 0.265 e. The lowest BCUT2D eigenvalue weighted by Crippen LogP contribution is -2.32. The zero-order valence-electron chi connectivity index (χ0n) is 17.2. The van der Waals surface area contributed by atoms with E-state index in [0.717, 1.165) is 17.5 Å². The van der Waals surface area contributed by atoms with E-state index in [4.69, 9.17) is 4.74 Å². The van der Waals surface area contributed by atoms with E-state index in [9.17, 15) is 9.59 Å². The normalized spacial score (nSPS) is 11.4. The van der Waals surface area contributed by atoms with Gasteiger partial charge in [0, 0.05) is 6.54 Å². The van der Waals surface area contributed by atoms with Crippen LogP contribution in [-0.2, 0) is 11.2 Å². The number of ether oxygens (including phenoxy) is 1. The van der Waals surface area contributed by atoms with Crippen molar-refractivity contribution in [2.75, 3.05) is 11.9 Å². The lowest BCUT2D eigenvalue weighted by Gasteiger charge is -2.16. The summed E-state index contributed by atoms with van der Waals surface area (Å²) < 4.78 is 5.70. The van der Waals surface area contributed by atoms with E-state index >= 15 is 0 Å². The van der Waals surface area contributed by atoms with E-state index in [1.54, 1.807) is 31.2 Å². The summed E-state index contributed by atoms with van der Waals surface area (Å²) in [5, 5.41) is 5.72. The largest absolute Gasteiger partial charge is 0.481 e. The highest BCUT2D eigenvalue weighted by atomic mass is 16.5. The standard InChI is InChI=1S/C25H26N2O3/c1-18-12-14-21(15-13-18)30-19(2)24(28)27-23-11-7-6-10-22(23)25(29)26-17-16-20-8-4-3-5-9-20/h3-15,19H,16-17H2,1-2H3,(H,26,29)(H,27,28)/t19-/m1/s1. The topological polar surface area (TPSA) is 67.4 Å². The van der Waals surface area contributed by atoms with E-state index < -0.39 is 6.10 Å². The predicted octanol–water partition coefficient (Wildman–Crippen LogP) is 4.37. The van der Waals surface area contributed by atoms with E-state index in [-0.39, 0.29) is 11.8 Å². The minimum absolute atomic E-state index is 0.228. The Kier molecular flexibility index (Phi) is 7.22. The second-order valence-electron chi connectivity index (χ2n) is 7.10. The molecule has 3 rings (SSSR count). The predicted molar refractivity (Wildman–Crippen MR) is 119 cm³/mol. The molecule has 2 N–H and O–H groups in total. The van der Waals surface area contributed by atoms with Gasteiger partial charge in [0.05, 0.1) is 11.3 Å². The van der Waals surface area contributed by atoms with Crippen molar-refractivity contribution in [1.82, 2.24) is 5.32 Å². The third-order valence-electron chi connectivity index (χ3n) is 4.67. The average Bonchev–Trinajstić information content (AvgIpc) is 2.76. The lowest BCUT2D eigenvalue weighted by molar-refractivity contribution is -0.122. The first kappa shape index (κ1) is 21.1. The SMILES string of the molecule is Cc1ccc(O[C@H](C)C(=O)Nc2ccccc2C(=O)NCCc2ccccc2)cc1. The highest BCUT2D eigenvalue weighted by Gasteiger charge is 2.18. The van der Waals surface area contributed by atoms with E-state index in [2.05, 4.69) is 10.6 Å². The second kappa shape index (κ2) is 10.3. The molecule has 5 heteroatoms. The zero-order valence-corrected chi connectivity index (χ0v) is 17.2. The highest BCUT2D eigenvalue weighted by Crippen LogP contribution is 2.17. The Labute approximate surface area is 177 Å². The number of carbonyl (C=O) groups is 2. The summed E-state index contributed by atoms with van der Waals surface area (Å²) in [6.45, 7) is 4.18. The molecule has 3 aromatic carbocycles. The number of para-hydroxylation sites is 1. The Morgan fingerprint density at radius 3 is 2.30 bits per heavy atom. The van der Waals surface area contributed by atoms with Crippen LogP contribution in [0.4, 0.5) is 5.69 Å². The summed E-state index contributed by atoms with van der Waals surface area (Å²) in [5.74, 6) is 0.0734. The van der Waals surface area contributed by atoms with Gasteiger partial charge >= 0.3 is 0 Å². The molecule has 2 amide bonds. The summed E-state index contributed by atoms with van der Waals surface area (Å²) in [6.07, 6.45) is 0.0321. The van der Waals surface area contributed by atoms with Gasteiger partial charge in [-0.1, -0.05) is 60.2 Å². The maximum Gasteiger partial charge on any atom is 0.265 e. The Morgan fingerprint density at radius 1 is 0.900 bits per heavy atom. The van der Waals surface area contributed by atoms with Gasteiger partial charge in [-0.2, -0.15) is 0 Å². The first-order valence-electron chi connectivity index (χ1n) is 9.98. The van der Waals surface area contributed by atoms with Crippen molar-refractivity contribution in [2.24, 2.45) is 0 Å². The van der Waals surface area contributed by atoms with E-state index in [0.29, 0.717) is 23.5 Å². The van der Waals surface area contributed by atoms with Crippen LogP contribution in [0.15, 0.2) is 78.9 Å². The number of nitrogens with one attached hydrogen (secondary N) is 2. The van der Waals surface area contributed by atoms with Crippen molar-refractivity contribution in [3.63, 3.8) is 0 Å². The summed E-state index contributed by atoms with van der Waals surface area (Å²) in [6, 6.07) is 24.4. The van der Waals surface area contributed by atoms with Crippen LogP contribution in [0.1, 0.15) is 28.4 Å². The molecule has 0 spiro atoms. The van der Waals surface area contributed by atoms with Gasteiger partial charge in [0.2, 0.25) is 0 Å². The van der Waals surface area contributed by atoms with Crippen molar-refractivity contribution in [2.45, 2.75) is 26.4 Å². The molecular formula is C25H26N2O3. The Balaban J connectivity index is 1.58. The maximum atomic E-state index is 12.6. The second-order valence-corrected chi connectivity index (χ2v) is 7.10. The van der Waals surface area contributed by atoms with E-state index in [1.165, 1.54) is 0 Å². The molecule has 0 aromatic heterocycles. The molecule has 0 fully saturated rings. The molecule has 0 saturated carbocycles. The maximum absolute atomic E-state index is 12.6. The van der Waals surface area contributed by atoms with Crippen molar-refractivity contribution in [3.8, 4) is 5.75 Å². The third kappa shape index (κ3) is 5.95. The molecule has 154 valence electrons. The molecule has 0 bridgehead atoms. The number of carbonyl (C=O) groups excluding carboxylic acids is 2. The Hall–Kier alpha value is -3.60. The Morgan fingerprint density at radius 2 is 1.57 bits per heavy atom. The van der Waals surface area contributed by atoms with E-state index in [1.807, 2.05) is 61.5 Å².